The molecule has 1 heterocycles. The lowest BCUT2D eigenvalue weighted by Crippen LogP contribution is -2.40. The number of aromatic nitrogens is 2. The van der Waals surface area contributed by atoms with Crippen LogP contribution in [0, 0.1) is 13.8 Å². The van der Waals surface area contributed by atoms with E-state index in [1.54, 1.807) is 11.8 Å². The second-order valence-electron chi connectivity index (χ2n) is 6.76. The van der Waals surface area contributed by atoms with Gasteiger partial charge in [-0.25, -0.2) is 9.97 Å². The fraction of sp³-hybridized carbons (Fsp3) is 0.529. The summed E-state index contributed by atoms with van der Waals surface area (Å²) in [5.41, 5.74) is 4.90. The predicted octanol–water partition coefficient (Wildman–Crippen LogP) is 4.08. The van der Waals surface area contributed by atoms with Gasteiger partial charge in [0.25, 0.3) is 0 Å². The Labute approximate surface area is 146 Å². The maximum Gasteiger partial charge on any atom is 0.136 e. The zero-order chi connectivity index (χ0) is 17.4. The van der Waals surface area contributed by atoms with Crippen LogP contribution in [0.3, 0.4) is 0 Å². The Bertz CT molecular complexity index is 713. The number of rotatable bonds is 4. The molecule has 0 radical (unpaired) electrons. The highest BCUT2D eigenvalue weighted by atomic mass is 32.2. The highest BCUT2D eigenvalue weighted by Crippen LogP contribution is 2.28. The summed E-state index contributed by atoms with van der Waals surface area (Å²) in [7, 11) is 0. The molecule has 0 fully saturated rings. The molecule has 0 aliphatic rings. The van der Waals surface area contributed by atoms with Crippen LogP contribution >= 0.6 is 11.8 Å². The summed E-state index contributed by atoms with van der Waals surface area (Å²) in [6.45, 7) is 12.0. The average molecular weight is 352 g/mol. The van der Waals surface area contributed by atoms with Gasteiger partial charge in [-0.15, -0.1) is 16.5 Å². The Morgan fingerprint density at radius 2 is 1.87 bits per heavy atom. The van der Waals surface area contributed by atoms with Crippen LogP contribution in [-0.4, -0.2) is 25.5 Å². The van der Waals surface area contributed by atoms with E-state index < -0.39 is 11.4 Å². The first kappa shape index (κ1) is 18.5. The largest absolute Gasteiger partial charge is 0.598 e. The highest BCUT2D eigenvalue weighted by Gasteiger charge is 2.29. The second-order valence-corrected chi connectivity index (χ2v) is 9.55. The van der Waals surface area contributed by atoms with Crippen molar-refractivity contribution in [1.82, 2.24) is 14.7 Å². The quantitative estimate of drug-likeness (QED) is 0.664. The van der Waals surface area contributed by atoms with Gasteiger partial charge in [-0.2, -0.15) is 0 Å². The first-order valence-electron chi connectivity index (χ1n) is 7.64. The molecule has 2 atom stereocenters. The van der Waals surface area contributed by atoms with E-state index in [1.165, 1.54) is 0 Å². The van der Waals surface area contributed by atoms with E-state index in [1.807, 2.05) is 40.9 Å². The van der Waals surface area contributed by atoms with Crippen LogP contribution in [0.5, 0.6) is 0 Å². The molecular weight excluding hydrogens is 326 g/mol. The lowest BCUT2D eigenvalue weighted by atomic mass is 10.0. The van der Waals surface area contributed by atoms with Crippen molar-refractivity contribution in [3.8, 4) is 0 Å². The van der Waals surface area contributed by atoms with Crippen LogP contribution in [0.4, 0.5) is 0 Å². The van der Waals surface area contributed by atoms with Gasteiger partial charge in [-0.05, 0) is 59.4 Å². The lowest BCUT2D eigenvalue weighted by Gasteiger charge is -2.27. The molecule has 2 rings (SSSR count). The second kappa shape index (κ2) is 6.97. The highest BCUT2D eigenvalue weighted by molar-refractivity contribution is 7.98. The molecule has 4 nitrogen and oxygen atoms in total. The van der Waals surface area contributed by atoms with Crippen molar-refractivity contribution >= 4 is 34.2 Å². The Balaban J connectivity index is 2.50. The molecule has 0 amide bonds. The predicted molar refractivity (Wildman–Crippen MR) is 100 cm³/mol. The molecule has 0 aliphatic carbocycles. The molecule has 126 valence electrons. The van der Waals surface area contributed by atoms with Gasteiger partial charge in [0, 0.05) is 16.9 Å². The number of thioether (sulfide) groups is 1. The van der Waals surface area contributed by atoms with Crippen molar-refractivity contribution in [2.24, 2.45) is 0 Å². The molecule has 2 aromatic rings. The standard InChI is InChI=1S/C17H25N3OS2/c1-10-8-13(11(2)20-23(21)17(4,5)6)15-14(9-10)18-12(3)16(19-15)22-7/h8-9,11,20H,1-7H3/t11-,23?/m1/s1. The van der Waals surface area contributed by atoms with Gasteiger partial charge in [0.15, 0.2) is 0 Å². The van der Waals surface area contributed by atoms with Crippen molar-refractivity contribution in [1.29, 1.82) is 0 Å². The van der Waals surface area contributed by atoms with E-state index in [0.717, 1.165) is 32.9 Å². The maximum absolute atomic E-state index is 12.4. The summed E-state index contributed by atoms with van der Waals surface area (Å²) in [5.74, 6) is 0. The van der Waals surface area contributed by atoms with Gasteiger partial charge in [-0.1, -0.05) is 6.07 Å². The summed E-state index contributed by atoms with van der Waals surface area (Å²) in [4.78, 5) is 9.48. The first-order valence-corrected chi connectivity index (χ1v) is 10.0. The molecule has 0 bridgehead atoms. The monoisotopic (exact) mass is 351 g/mol. The number of hydrogen-bond donors (Lipinski definition) is 1. The van der Waals surface area contributed by atoms with E-state index in [2.05, 4.69) is 23.8 Å². The first-order chi connectivity index (χ1) is 10.6. The number of fused-ring (bicyclic) bond motifs is 1. The Kier molecular flexibility index (Phi) is 5.61. The van der Waals surface area contributed by atoms with Gasteiger partial charge in [-0.3, -0.25) is 0 Å². The summed E-state index contributed by atoms with van der Waals surface area (Å²) >= 11 is 0.467. The van der Waals surface area contributed by atoms with Crippen LogP contribution < -0.4 is 4.72 Å². The van der Waals surface area contributed by atoms with Crippen LogP contribution in [0.2, 0.25) is 0 Å². The number of benzene rings is 1. The molecular formula is C17H25N3OS2. The van der Waals surface area contributed by atoms with Crippen molar-refractivity contribution in [3.05, 3.63) is 29.0 Å². The molecule has 0 saturated heterocycles. The van der Waals surface area contributed by atoms with Gasteiger partial charge >= 0.3 is 0 Å². The van der Waals surface area contributed by atoms with Crippen LogP contribution in [0.25, 0.3) is 11.0 Å². The van der Waals surface area contributed by atoms with Crippen molar-refractivity contribution in [2.75, 3.05) is 6.26 Å². The van der Waals surface area contributed by atoms with E-state index >= 15 is 0 Å². The van der Waals surface area contributed by atoms with E-state index in [4.69, 9.17) is 9.97 Å². The van der Waals surface area contributed by atoms with Crippen LogP contribution in [0.1, 0.15) is 50.6 Å². The molecule has 1 aromatic heterocycles. The molecule has 0 saturated carbocycles. The third-order valence-corrected chi connectivity index (χ3v) is 6.03. The third-order valence-electron chi connectivity index (χ3n) is 3.57. The molecule has 6 heteroatoms. The van der Waals surface area contributed by atoms with Crippen molar-refractivity contribution in [2.45, 2.75) is 57.4 Å². The fourth-order valence-electron chi connectivity index (χ4n) is 2.33. The molecule has 1 N–H and O–H groups in total. The van der Waals surface area contributed by atoms with E-state index in [9.17, 15) is 4.55 Å². The topological polar surface area (TPSA) is 60.9 Å². The molecule has 0 spiro atoms. The van der Waals surface area contributed by atoms with Gasteiger partial charge in [0.2, 0.25) is 0 Å². The number of hydrogen-bond acceptors (Lipinski definition) is 5. The Morgan fingerprint density at radius 1 is 1.22 bits per heavy atom. The van der Waals surface area contributed by atoms with Gasteiger partial charge in [0.1, 0.15) is 9.77 Å². The maximum atomic E-state index is 12.4. The summed E-state index contributed by atoms with van der Waals surface area (Å²) in [6, 6.07) is 4.09. The Morgan fingerprint density at radius 3 is 2.43 bits per heavy atom. The molecule has 0 aliphatic heterocycles. The van der Waals surface area contributed by atoms with Crippen LogP contribution in [-0.2, 0) is 11.4 Å². The van der Waals surface area contributed by atoms with E-state index in [0.29, 0.717) is 0 Å². The van der Waals surface area contributed by atoms with Crippen molar-refractivity contribution < 1.29 is 4.55 Å². The normalized spacial score (nSPS) is 15.0. The lowest BCUT2D eigenvalue weighted by molar-refractivity contribution is 0.531. The summed E-state index contributed by atoms with van der Waals surface area (Å²) in [5, 5.41) is 0.937. The number of aryl methyl sites for hydroxylation is 2. The molecule has 23 heavy (non-hydrogen) atoms. The Hall–Kier alpha value is -0.820. The minimum Gasteiger partial charge on any atom is -0.598 e. The zero-order valence-electron chi connectivity index (χ0n) is 14.9. The zero-order valence-corrected chi connectivity index (χ0v) is 16.5. The number of nitrogens with zero attached hydrogens (tertiary/aromatic N) is 2. The van der Waals surface area contributed by atoms with Gasteiger partial charge in [0.05, 0.1) is 22.8 Å². The van der Waals surface area contributed by atoms with Gasteiger partial charge < -0.3 is 4.55 Å². The summed E-state index contributed by atoms with van der Waals surface area (Å²) < 4.78 is 15.3. The fourth-order valence-corrected chi connectivity index (χ4v) is 3.65. The molecule has 1 aromatic carbocycles. The van der Waals surface area contributed by atoms with Crippen LogP contribution in [0.15, 0.2) is 17.2 Å². The minimum absolute atomic E-state index is 0.0656. The minimum atomic E-state index is -1.13. The molecule has 1 unspecified atom stereocenters. The number of nitrogens with one attached hydrogen (secondary N) is 1. The smallest absolute Gasteiger partial charge is 0.136 e. The average Bonchev–Trinajstić information content (AvgIpc) is 2.44. The van der Waals surface area contributed by atoms with E-state index in [-0.39, 0.29) is 10.8 Å². The SMILES string of the molecule is CSc1nc2c([C@@H](C)N[S+]([O-])C(C)(C)C)cc(C)cc2nc1C. The summed E-state index contributed by atoms with van der Waals surface area (Å²) in [6.07, 6.45) is 2.01. The van der Waals surface area contributed by atoms with Crippen molar-refractivity contribution in [3.63, 3.8) is 0 Å². The third kappa shape index (κ3) is 4.18.